The molecule has 2 aliphatic heterocycles. The van der Waals surface area contributed by atoms with Gasteiger partial charge in [-0.1, -0.05) is 0 Å². The molecule has 1 aromatic heterocycles. The second-order valence-corrected chi connectivity index (χ2v) is 10.3. The van der Waals surface area contributed by atoms with Crippen molar-refractivity contribution in [3.8, 4) is 11.5 Å². The molecule has 0 spiro atoms. The standard InChI is InChI=1S/C18H19N3O7S2/c1-12-2-3-17(29-12)30(25,26)20-6-4-19(5-7-20)18(22)13-10-15-16(28-9-8-27-15)11-14(13)21(23)24/h2-3,10-11H,4-9H2,1H3. The van der Waals surface area contributed by atoms with E-state index in [9.17, 15) is 23.3 Å². The van der Waals surface area contributed by atoms with E-state index in [0.29, 0.717) is 0 Å². The first-order valence-electron chi connectivity index (χ1n) is 9.21. The second kappa shape index (κ2) is 7.85. The molecule has 3 heterocycles. The maximum Gasteiger partial charge on any atom is 0.286 e. The highest BCUT2D eigenvalue weighted by atomic mass is 32.2. The number of sulfonamides is 1. The smallest absolute Gasteiger partial charge is 0.286 e. The van der Waals surface area contributed by atoms with E-state index in [4.69, 9.17) is 9.47 Å². The Morgan fingerprint density at radius 1 is 1.10 bits per heavy atom. The minimum atomic E-state index is -3.62. The molecule has 0 unspecified atom stereocenters. The van der Waals surface area contributed by atoms with E-state index in [1.54, 1.807) is 12.1 Å². The molecule has 2 aliphatic rings. The molecule has 160 valence electrons. The van der Waals surface area contributed by atoms with Gasteiger partial charge in [-0.3, -0.25) is 14.9 Å². The van der Waals surface area contributed by atoms with Crippen LogP contribution in [-0.2, 0) is 10.0 Å². The Labute approximate surface area is 176 Å². The molecule has 30 heavy (non-hydrogen) atoms. The predicted octanol–water partition coefficient (Wildman–Crippen LogP) is 1.88. The third-order valence-electron chi connectivity index (χ3n) is 4.92. The number of nitro groups is 1. The fourth-order valence-electron chi connectivity index (χ4n) is 3.38. The van der Waals surface area contributed by atoms with Crippen LogP contribution in [0.25, 0.3) is 0 Å². The Morgan fingerprint density at radius 2 is 1.73 bits per heavy atom. The van der Waals surface area contributed by atoms with E-state index in [1.165, 1.54) is 32.7 Å². The summed E-state index contributed by atoms with van der Waals surface area (Å²) in [6.07, 6.45) is 0. The summed E-state index contributed by atoms with van der Waals surface area (Å²) in [4.78, 5) is 26.2. The van der Waals surface area contributed by atoms with E-state index in [-0.39, 0.29) is 66.4 Å². The number of fused-ring (bicyclic) bond motifs is 1. The Bertz CT molecular complexity index is 1100. The number of nitrogens with zero attached hydrogens (tertiary/aromatic N) is 3. The number of hydrogen-bond acceptors (Lipinski definition) is 8. The van der Waals surface area contributed by atoms with Crippen molar-refractivity contribution in [3.63, 3.8) is 0 Å². The first kappa shape index (κ1) is 20.6. The van der Waals surface area contributed by atoms with Crippen LogP contribution in [0, 0.1) is 17.0 Å². The molecule has 1 fully saturated rings. The lowest BCUT2D eigenvalue weighted by Gasteiger charge is -2.33. The van der Waals surface area contributed by atoms with Crippen molar-refractivity contribution in [2.75, 3.05) is 39.4 Å². The third-order valence-corrected chi connectivity index (χ3v) is 8.29. The van der Waals surface area contributed by atoms with Crippen molar-refractivity contribution in [3.05, 3.63) is 44.8 Å². The van der Waals surface area contributed by atoms with Crippen LogP contribution >= 0.6 is 11.3 Å². The van der Waals surface area contributed by atoms with Gasteiger partial charge < -0.3 is 14.4 Å². The van der Waals surface area contributed by atoms with E-state index < -0.39 is 20.9 Å². The third kappa shape index (κ3) is 3.73. The highest BCUT2D eigenvalue weighted by molar-refractivity contribution is 7.91. The van der Waals surface area contributed by atoms with Gasteiger partial charge in [-0.15, -0.1) is 11.3 Å². The van der Waals surface area contributed by atoms with Gasteiger partial charge >= 0.3 is 0 Å². The van der Waals surface area contributed by atoms with E-state index in [1.807, 2.05) is 6.92 Å². The number of rotatable bonds is 4. The highest BCUT2D eigenvalue weighted by Gasteiger charge is 2.34. The van der Waals surface area contributed by atoms with Gasteiger partial charge in [0.05, 0.1) is 11.0 Å². The zero-order valence-electron chi connectivity index (χ0n) is 16.1. The quantitative estimate of drug-likeness (QED) is 0.512. The lowest BCUT2D eigenvalue weighted by molar-refractivity contribution is -0.385. The van der Waals surface area contributed by atoms with Gasteiger partial charge in [0.2, 0.25) is 0 Å². The minimum Gasteiger partial charge on any atom is -0.486 e. The summed E-state index contributed by atoms with van der Waals surface area (Å²) in [5.41, 5.74) is -0.470. The van der Waals surface area contributed by atoms with Crippen LogP contribution < -0.4 is 9.47 Å². The molecule has 12 heteroatoms. The minimum absolute atomic E-state index is 0.102. The van der Waals surface area contributed by atoms with Crippen molar-refractivity contribution >= 4 is 33.0 Å². The van der Waals surface area contributed by atoms with Crippen LogP contribution in [0.3, 0.4) is 0 Å². The van der Waals surface area contributed by atoms with Crippen LogP contribution in [0.4, 0.5) is 5.69 Å². The largest absolute Gasteiger partial charge is 0.486 e. The molecule has 1 saturated heterocycles. The van der Waals surface area contributed by atoms with Gasteiger partial charge in [0.15, 0.2) is 11.5 Å². The predicted molar refractivity (Wildman–Crippen MR) is 108 cm³/mol. The van der Waals surface area contributed by atoms with Crippen LogP contribution in [0.5, 0.6) is 11.5 Å². The summed E-state index contributed by atoms with van der Waals surface area (Å²) in [6.45, 7) is 2.89. The van der Waals surface area contributed by atoms with Gasteiger partial charge in [0, 0.05) is 37.1 Å². The number of thiophene rings is 1. The molecule has 2 aromatic rings. The van der Waals surface area contributed by atoms with Crippen molar-refractivity contribution in [1.29, 1.82) is 0 Å². The topological polar surface area (TPSA) is 119 Å². The SMILES string of the molecule is Cc1ccc(S(=O)(=O)N2CCN(C(=O)c3cc4c(cc3[N+](=O)[O-])OCCO4)CC2)s1. The van der Waals surface area contributed by atoms with Gasteiger partial charge in [0.25, 0.3) is 21.6 Å². The van der Waals surface area contributed by atoms with Gasteiger partial charge in [0.1, 0.15) is 23.0 Å². The van der Waals surface area contributed by atoms with Crippen molar-refractivity contribution in [1.82, 2.24) is 9.21 Å². The number of benzene rings is 1. The molecular formula is C18H19N3O7S2. The molecular weight excluding hydrogens is 434 g/mol. The van der Waals surface area contributed by atoms with Crippen LogP contribution in [-0.4, -0.2) is 67.8 Å². The number of piperazine rings is 1. The summed E-state index contributed by atoms with van der Waals surface area (Å²) >= 11 is 1.20. The number of carbonyl (C=O) groups excluding carboxylic acids is 1. The number of amides is 1. The Morgan fingerprint density at radius 3 is 2.30 bits per heavy atom. The maximum absolute atomic E-state index is 13.0. The zero-order chi connectivity index (χ0) is 21.5. The molecule has 0 atom stereocenters. The number of nitro benzene ring substituents is 1. The van der Waals surface area contributed by atoms with E-state index >= 15 is 0 Å². The normalized spacial score (nSPS) is 17.0. The summed E-state index contributed by atoms with van der Waals surface area (Å²) in [5.74, 6) is -0.0289. The summed E-state index contributed by atoms with van der Waals surface area (Å²) < 4.78 is 37.9. The van der Waals surface area contributed by atoms with E-state index in [2.05, 4.69) is 0 Å². The maximum atomic E-state index is 13.0. The average Bonchev–Trinajstić information content (AvgIpc) is 3.19. The Hall–Kier alpha value is -2.70. The molecule has 4 rings (SSSR count). The number of ether oxygens (including phenoxy) is 2. The van der Waals surface area contributed by atoms with Gasteiger partial charge in [-0.05, 0) is 19.1 Å². The molecule has 1 aromatic carbocycles. The average molecular weight is 453 g/mol. The van der Waals surface area contributed by atoms with Crippen molar-refractivity contribution in [2.45, 2.75) is 11.1 Å². The zero-order valence-corrected chi connectivity index (χ0v) is 17.7. The van der Waals surface area contributed by atoms with Crippen molar-refractivity contribution in [2.24, 2.45) is 0 Å². The number of aryl methyl sites for hydroxylation is 1. The lowest BCUT2D eigenvalue weighted by atomic mass is 10.1. The Balaban J connectivity index is 1.53. The molecule has 0 N–H and O–H groups in total. The van der Waals surface area contributed by atoms with Crippen LogP contribution in [0.15, 0.2) is 28.5 Å². The van der Waals surface area contributed by atoms with Crippen LogP contribution in [0.1, 0.15) is 15.2 Å². The molecule has 0 saturated carbocycles. The summed E-state index contributed by atoms with van der Waals surface area (Å²) in [5, 5.41) is 11.5. The number of hydrogen-bond donors (Lipinski definition) is 0. The first-order valence-corrected chi connectivity index (χ1v) is 11.5. The van der Waals surface area contributed by atoms with Gasteiger partial charge in [-0.2, -0.15) is 4.31 Å². The summed E-state index contributed by atoms with van der Waals surface area (Å²) in [7, 11) is -3.62. The number of carbonyl (C=O) groups is 1. The molecule has 1 amide bonds. The molecule has 0 bridgehead atoms. The highest BCUT2D eigenvalue weighted by Crippen LogP contribution is 2.37. The second-order valence-electron chi connectivity index (χ2n) is 6.83. The Kier molecular flexibility index (Phi) is 5.38. The molecule has 10 nitrogen and oxygen atoms in total. The summed E-state index contributed by atoms with van der Waals surface area (Å²) in [6, 6.07) is 5.85. The lowest BCUT2D eigenvalue weighted by Crippen LogP contribution is -2.50. The van der Waals surface area contributed by atoms with E-state index in [0.717, 1.165) is 4.88 Å². The molecule has 0 aliphatic carbocycles. The van der Waals surface area contributed by atoms with Crippen molar-refractivity contribution < 1.29 is 27.6 Å². The fraction of sp³-hybridized carbons (Fsp3) is 0.389. The first-order chi connectivity index (χ1) is 14.3. The monoisotopic (exact) mass is 453 g/mol. The van der Waals surface area contributed by atoms with Gasteiger partial charge in [-0.25, -0.2) is 8.42 Å². The fourth-order valence-corrected chi connectivity index (χ4v) is 6.24. The van der Waals surface area contributed by atoms with Crippen LogP contribution in [0.2, 0.25) is 0 Å². The molecule has 0 radical (unpaired) electrons.